The van der Waals surface area contributed by atoms with Gasteiger partial charge in [-0.25, -0.2) is 9.67 Å². The van der Waals surface area contributed by atoms with Crippen molar-refractivity contribution in [1.29, 1.82) is 0 Å². The Bertz CT molecular complexity index is 584. The molecule has 1 aromatic carbocycles. The van der Waals surface area contributed by atoms with E-state index in [0.29, 0.717) is 29.9 Å². The molecule has 1 aromatic heterocycles. The Hall–Kier alpha value is -1.75. The van der Waals surface area contributed by atoms with E-state index in [2.05, 4.69) is 23.9 Å². The number of rotatable bonds is 7. The number of hydrogen-bond donors (Lipinski definition) is 0. The van der Waals surface area contributed by atoms with Crippen molar-refractivity contribution in [3.8, 4) is 11.5 Å². The highest BCUT2D eigenvalue weighted by Crippen LogP contribution is 2.29. The predicted octanol–water partition coefficient (Wildman–Crippen LogP) is 3.26. The van der Waals surface area contributed by atoms with Gasteiger partial charge in [0.2, 0.25) is 0 Å². The van der Waals surface area contributed by atoms with Crippen molar-refractivity contribution in [3.05, 3.63) is 35.9 Å². The molecule has 0 unspecified atom stereocenters. The van der Waals surface area contributed by atoms with Crippen LogP contribution in [-0.4, -0.2) is 21.9 Å². The van der Waals surface area contributed by atoms with Crippen LogP contribution in [0.4, 0.5) is 0 Å². The molecule has 1 heterocycles. The molecule has 2 rings (SSSR count). The molecule has 0 aliphatic heterocycles. The molecule has 0 spiro atoms. The molecule has 0 radical (unpaired) electrons. The van der Waals surface area contributed by atoms with E-state index in [-0.39, 0.29) is 0 Å². The van der Waals surface area contributed by atoms with Crippen molar-refractivity contribution < 1.29 is 9.47 Å². The summed E-state index contributed by atoms with van der Waals surface area (Å²) in [4.78, 5) is 4.24. The minimum absolute atomic E-state index is 0.342. The zero-order valence-electron chi connectivity index (χ0n) is 12.5. The molecule has 114 valence electrons. The summed E-state index contributed by atoms with van der Waals surface area (Å²) >= 11 is 5.85. The third-order valence-corrected chi connectivity index (χ3v) is 3.28. The van der Waals surface area contributed by atoms with Gasteiger partial charge in [0.15, 0.2) is 17.3 Å². The van der Waals surface area contributed by atoms with Crippen LogP contribution in [0.1, 0.15) is 25.2 Å². The lowest BCUT2D eigenvalue weighted by atomic mass is 10.2. The van der Waals surface area contributed by atoms with E-state index in [1.807, 2.05) is 22.9 Å². The second-order valence-corrected chi connectivity index (χ2v) is 5.43. The van der Waals surface area contributed by atoms with Crippen molar-refractivity contribution in [3.63, 3.8) is 0 Å². The first-order valence-corrected chi connectivity index (χ1v) is 7.39. The first-order valence-electron chi connectivity index (χ1n) is 6.86. The fraction of sp³-hybridized carbons (Fsp3) is 0.467. The molecule has 0 amide bonds. The Labute approximate surface area is 129 Å². The Morgan fingerprint density at radius 3 is 2.76 bits per heavy atom. The topological polar surface area (TPSA) is 49.2 Å². The standard InChI is InChI=1S/C15H20ClN3O2/c1-11(2)8-19-15(17-10-18-19)9-21-14-6-12(7-16)4-5-13(14)20-3/h4-6,10-11H,7-9H2,1-3H3. The van der Waals surface area contributed by atoms with Crippen LogP contribution in [0.2, 0.25) is 0 Å². The van der Waals surface area contributed by atoms with Gasteiger partial charge < -0.3 is 9.47 Å². The van der Waals surface area contributed by atoms with Crippen molar-refractivity contribution in [1.82, 2.24) is 14.8 Å². The third kappa shape index (κ3) is 4.11. The second kappa shape index (κ2) is 7.31. The molecule has 6 heteroatoms. The number of methoxy groups -OCH3 is 1. The van der Waals surface area contributed by atoms with E-state index in [1.165, 1.54) is 0 Å². The monoisotopic (exact) mass is 309 g/mol. The number of benzene rings is 1. The maximum atomic E-state index is 5.85. The molecular formula is C15H20ClN3O2. The molecule has 0 aliphatic rings. The molecule has 2 aromatic rings. The highest BCUT2D eigenvalue weighted by Gasteiger charge is 2.10. The van der Waals surface area contributed by atoms with E-state index in [1.54, 1.807) is 13.4 Å². The number of hydrogen-bond acceptors (Lipinski definition) is 4. The molecular weight excluding hydrogens is 290 g/mol. The van der Waals surface area contributed by atoms with Gasteiger partial charge in [-0.1, -0.05) is 19.9 Å². The van der Waals surface area contributed by atoms with Crippen LogP contribution in [0.5, 0.6) is 11.5 Å². The number of ether oxygens (including phenoxy) is 2. The highest BCUT2D eigenvalue weighted by molar-refractivity contribution is 6.17. The number of halogens is 1. The minimum atomic E-state index is 0.342. The maximum absolute atomic E-state index is 5.85. The third-order valence-electron chi connectivity index (χ3n) is 2.97. The number of nitrogens with zero attached hydrogens (tertiary/aromatic N) is 3. The lowest BCUT2D eigenvalue weighted by Crippen LogP contribution is -2.12. The lowest BCUT2D eigenvalue weighted by molar-refractivity contribution is 0.266. The van der Waals surface area contributed by atoms with Gasteiger partial charge in [0, 0.05) is 12.4 Å². The molecule has 5 nitrogen and oxygen atoms in total. The maximum Gasteiger partial charge on any atom is 0.164 e. The smallest absolute Gasteiger partial charge is 0.164 e. The first kappa shape index (κ1) is 15.6. The highest BCUT2D eigenvalue weighted by atomic mass is 35.5. The zero-order valence-corrected chi connectivity index (χ0v) is 13.3. The van der Waals surface area contributed by atoms with Gasteiger partial charge >= 0.3 is 0 Å². The van der Waals surface area contributed by atoms with Crippen LogP contribution in [0.25, 0.3) is 0 Å². The van der Waals surface area contributed by atoms with E-state index in [4.69, 9.17) is 21.1 Å². The lowest BCUT2D eigenvalue weighted by Gasteiger charge is -2.13. The van der Waals surface area contributed by atoms with Gasteiger partial charge in [0.05, 0.1) is 7.11 Å². The van der Waals surface area contributed by atoms with Crippen molar-refractivity contribution in [2.24, 2.45) is 5.92 Å². The van der Waals surface area contributed by atoms with E-state index in [9.17, 15) is 0 Å². The summed E-state index contributed by atoms with van der Waals surface area (Å²) < 4.78 is 13.0. The Kier molecular flexibility index (Phi) is 5.44. The fourth-order valence-electron chi connectivity index (χ4n) is 1.96. The average molecular weight is 310 g/mol. The van der Waals surface area contributed by atoms with Crippen molar-refractivity contribution >= 4 is 11.6 Å². The van der Waals surface area contributed by atoms with Gasteiger partial charge in [0.1, 0.15) is 12.9 Å². The van der Waals surface area contributed by atoms with Gasteiger partial charge in [0.25, 0.3) is 0 Å². The Morgan fingerprint density at radius 1 is 1.29 bits per heavy atom. The van der Waals surface area contributed by atoms with Crippen LogP contribution in [-0.2, 0) is 19.0 Å². The molecule has 0 atom stereocenters. The quantitative estimate of drug-likeness (QED) is 0.737. The normalized spacial score (nSPS) is 10.9. The minimum Gasteiger partial charge on any atom is -0.493 e. The van der Waals surface area contributed by atoms with E-state index >= 15 is 0 Å². The Balaban J connectivity index is 2.11. The van der Waals surface area contributed by atoms with Crippen LogP contribution >= 0.6 is 11.6 Å². The van der Waals surface area contributed by atoms with E-state index in [0.717, 1.165) is 17.9 Å². The summed E-state index contributed by atoms with van der Waals surface area (Å²) in [6.45, 7) is 5.44. The SMILES string of the molecule is COc1ccc(CCl)cc1OCc1ncnn1CC(C)C. The van der Waals surface area contributed by atoms with Crippen LogP contribution < -0.4 is 9.47 Å². The van der Waals surface area contributed by atoms with Crippen molar-refractivity contribution in [2.45, 2.75) is 32.9 Å². The molecule has 0 bridgehead atoms. The van der Waals surface area contributed by atoms with Gasteiger partial charge in [-0.2, -0.15) is 5.10 Å². The van der Waals surface area contributed by atoms with E-state index < -0.39 is 0 Å². The van der Waals surface area contributed by atoms with Gasteiger partial charge in [-0.3, -0.25) is 0 Å². The number of aromatic nitrogens is 3. The largest absolute Gasteiger partial charge is 0.493 e. The zero-order chi connectivity index (χ0) is 15.2. The summed E-state index contributed by atoms with van der Waals surface area (Å²) in [7, 11) is 1.61. The predicted molar refractivity (Wildman–Crippen MR) is 81.7 cm³/mol. The van der Waals surface area contributed by atoms with Gasteiger partial charge in [-0.15, -0.1) is 11.6 Å². The Morgan fingerprint density at radius 2 is 2.10 bits per heavy atom. The average Bonchev–Trinajstić information content (AvgIpc) is 2.91. The van der Waals surface area contributed by atoms with Crippen molar-refractivity contribution in [2.75, 3.05) is 7.11 Å². The fourth-order valence-corrected chi connectivity index (χ4v) is 2.12. The van der Waals surface area contributed by atoms with Gasteiger partial charge in [-0.05, 0) is 23.6 Å². The molecule has 0 saturated heterocycles. The second-order valence-electron chi connectivity index (χ2n) is 5.16. The summed E-state index contributed by atoms with van der Waals surface area (Å²) in [6.07, 6.45) is 1.55. The van der Waals surface area contributed by atoms with Crippen LogP contribution in [0, 0.1) is 5.92 Å². The van der Waals surface area contributed by atoms with Crippen LogP contribution in [0.15, 0.2) is 24.5 Å². The molecule has 0 aliphatic carbocycles. The molecule has 0 saturated carbocycles. The molecule has 0 N–H and O–H groups in total. The summed E-state index contributed by atoms with van der Waals surface area (Å²) in [5, 5.41) is 4.22. The molecule has 21 heavy (non-hydrogen) atoms. The molecule has 0 fully saturated rings. The summed E-state index contributed by atoms with van der Waals surface area (Å²) in [5.74, 6) is 3.07. The summed E-state index contributed by atoms with van der Waals surface area (Å²) in [5.41, 5.74) is 0.983. The number of alkyl halides is 1. The summed E-state index contributed by atoms with van der Waals surface area (Å²) in [6, 6.07) is 5.65. The first-order chi connectivity index (χ1) is 10.1. The van der Waals surface area contributed by atoms with Crippen LogP contribution in [0.3, 0.4) is 0 Å².